The molecule has 29 heavy (non-hydrogen) atoms. The van der Waals surface area contributed by atoms with Gasteiger partial charge in [-0.2, -0.15) is 0 Å². The highest BCUT2D eigenvalue weighted by atomic mass is 32.2. The molecule has 8 heteroatoms. The maximum atomic E-state index is 13.9. The van der Waals surface area contributed by atoms with Crippen LogP contribution in [-0.2, 0) is 18.6 Å². The Bertz CT molecular complexity index is 1020. The fraction of sp³-hybridized carbons (Fsp3) is 0.333. The van der Waals surface area contributed by atoms with Gasteiger partial charge in [-0.1, -0.05) is 30.0 Å². The zero-order chi connectivity index (χ0) is 20.4. The molecule has 0 aliphatic carbocycles. The Balaban J connectivity index is 1.50. The van der Waals surface area contributed by atoms with Crippen molar-refractivity contribution in [3.63, 3.8) is 0 Å². The number of rotatable bonds is 7. The molecule has 1 atom stereocenters. The van der Waals surface area contributed by atoms with E-state index in [0.717, 1.165) is 23.5 Å². The van der Waals surface area contributed by atoms with E-state index in [9.17, 15) is 4.39 Å². The van der Waals surface area contributed by atoms with Crippen LogP contribution < -0.4 is 15.3 Å². The van der Waals surface area contributed by atoms with Crippen molar-refractivity contribution in [1.29, 1.82) is 0 Å². The maximum Gasteiger partial charge on any atom is 0.210 e. The van der Waals surface area contributed by atoms with E-state index in [2.05, 4.69) is 23.2 Å². The number of nitrogens with zero attached hydrogens (tertiary/aromatic N) is 3. The summed E-state index contributed by atoms with van der Waals surface area (Å²) < 4.78 is 27.0. The van der Waals surface area contributed by atoms with Crippen LogP contribution in [0.15, 0.2) is 41.6 Å². The van der Waals surface area contributed by atoms with Crippen LogP contribution >= 0.6 is 11.8 Å². The molecule has 0 saturated carbocycles. The summed E-state index contributed by atoms with van der Waals surface area (Å²) in [5, 5.41) is 8.87. The van der Waals surface area contributed by atoms with Crippen LogP contribution in [0.4, 0.5) is 4.39 Å². The zero-order valence-electron chi connectivity index (χ0n) is 16.4. The van der Waals surface area contributed by atoms with Gasteiger partial charge in [-0.3, -0.25) is 0 Å². The average Bonchev–Trinajstić information content (AvgIpc) is 3.23. The highest BCUT2D eigenvalue weighted by molar-refractivity contribution is 7.98. The van der Waals surface area contributed by atoms with E-state index in [1.807, 2.05) is 13.0 Å². The molecule has 0 bridgehead atoms. The van der Waals surface area contributed by atoms with E-state index in [1.165, 1.54) is 28.1 Å². The van der Waals surface area contributed by atoms with E-state index in [0.29, 0.717) is 28.9 Å². The van der Waals surface area contributed by atoms with Crippen molar-refractivity contribution in [3.05, 3.63) is 64.7 Å². The van der Waals surface area contributed by atoms with Gasteiger partial charge in [-0.25, -0.2) is 9.07 Å². The Morgan fingerprint density at radius 2 is 2.10 bits per heavy atom. The van der Waals surface area contributed by atoms with Gasteiger partial charge in [0.1, 0.15) is 23.4 Å². The molecule has 0 spiro atoms. The minimum absolute atomic E-state index is 0.176. The summed E-state index contributed by atoms with van der Waals surface area (Å²) in [7, 11) is 0. The molecule has 0 radical (unpaired) electrons. The highest BCUT2D eigenvalue weighted by Gasteiger charge is 2.22. The Labute approximate surface area is 173 Å². The van der Waals surface area contributed by atoms with Gasteiger partial charge in [0.2, 0.25) is 5.16 Å². The first kappa shape index (κ1) is 19.6. The fourth-order valence-electron chi connectivity index (χ4n) is 3.36. The van der Waals surface area contributed by atoms with E-state index in [-0.39, 0.29) is 18.3 Å². The average molecular weight is 415 g/mol. The molecule has 2 N–H and O–H groups in total. The van der Waals surface area contributed by atoms with Crippen LogP contribution in [0.1, 0.15) is 36.4 Å². The molecule has 2 heterocycles. The lowest BCUT2D eigenvalue weighted by Crippen LogP contribution is -2.14. The number of nitrogen functional groups attached to an aromatic ring is 1. The van der Waals surface area contributed by atoms with Crippen molar-refractivity contribution in [1.82, 2.24) is 14.9 Å². The summed E-state index contributed by atoms with van der Waals surface area (Å²) in [6.45, 7) is 4.62. The van der Waals surface area contributed by atoms with Crippen molar-refractivity contribution in [3.8, 4) is 11.5 Å². The van der Waals surface area contributed by atoms with Crippen LogP contribution in [0.3, 0.4) is 0 Å². The lowest BCUT2D eigenvalue weighted by molar-refractivity contribution is 0.254. The molecule has 4 rings (SSSR count). The van der Waals surface area contributed by atoms with Gasteiger partial charge < -0.3 is 15.3 Å². The molecule has 0 saturated heterocycles. The molecule has 1 aromatic heterocycles. The fourth-order valence-corrected chi connectivity index (χ4v) is 4.22. The highest BCUT2D eigenvalue weighted by Crippen LogP contribution is 2.37. The molecule has 1 aliphatic rings. The number of ether oxygens (including phenoxy) is 2. The molecule has 1 unspecified atom stereocenters. The van der Waals surface area contributed by atoms with Gasteiger partial charge >= 0.3 is 0 Å². The van der Waals surface area contributed by atoms with Crippen molar-refractivity contribution in [2.75, 3.05) is 12.4 Å². The van der Waals surface area contributed by atoms with Crippen molar-refractivity contribution < 1.29 is 13.9 Å². The summed E-state index contributed by atoms with van der Waals surface area (Å²) >= 11 is 1.46. The molecule has 152 valence electrons. The first-order valence-corrected chi connectivity index (χ1v) is 10.5. The number of fused-ring (bicyclic) bond motifs is 1. The van der Waals surface area contributed by atoms with Crippen molar-refractivity contribution in [2.24, 2.45) is 0 Å². The normalized spacial score (nSPS) is 15.2. The van der Waals surface area contributed by atoms with Crippen LogP contribution in [0.5, 0.6) is 11.5 Å². The summed E-state index contributed by atoms with van der Waals surface area (Å²) in [5.74, 6) is 8.76. The number of nitrogens with two attached hydrogens (primary N) is 1. The molecule has 0 amide bonds. The van der Waals surface area contributed by atoms with Crippen LogP contribution in [0, 0.1) is 5.82 Å². The number of hydrogen-bond donors (Lipinski definition) is 1. The predicted molar refractivity (Wildman–Crippen MR) is 110 cm³/mol. The quantitative estimate of drug-likeness (QED) is 0.469. The zero-order valence-corrected chi connectivity index (χ0v) is 17.2. The van der Waals surface area contributed by atoms with Gasteiger partial charge in [-0.15, -0.1) is 10.2 Å². The second-order valence-electron chi connectivity index (χ2n) is 6.96. The number of thioether (sulfide) groups is 1. The molecular weight excluding hydrogens is 391 g/mol. The lowest BCUT2D eigenvalue weighted by atomic mass is 10.1. The summed E-state index contributed by atoms with van der Waals surface area (Å²) in [5.41, 5.74) is 2.72. The maximum absolute atomic E-state index is 13.9. The van der Waals surface area contributed by atoms with Crippen LogP contribution in [0.25, 0.3) is 0 Å². The molecular formula is C21H23FN4O2S. The van der Waals surface area contributed by atoms with E-state index in [4.69, 9.17) is 15.3 Å². The Kier molecular flexibility index (Phi) is 5.62. The van der Waals surface area contributed by atoms with Gasteiger partial charge in [0.05, 0.1) is 6.61 Å². The number of halogens is 1. The second kappa shape index (κ2) is 8.32. The Morgan fingerprint density at radius 3 is 2.90 bits per heavy atom. The third kappa shape index (κ3) is 4.17. The van der Waals surface area contributed by atoms with E-state index >= 15 is 0 Å². The largest absolute Gasteiger partial charge is 0.494 e. The number of aromatic nitrogens is 3. The minimum Gasteiger partial charge on any atom is -0.494 e. The van der Waals surface area contributed by atoms with Crippen LogP contribution in [0.2, 0.25) is 0 Å². The number of benzene rings is 2. The Morgan fingerprint density at radius 1 is 1.28 bits per heavy atom. The third-order valence-corrected chi connectivity index (χ3v) is 5.77. The van der Waals surface area contributed by atoms with Crippen molar-refractivity contribution >= 4 is 11.8 Å². The van der Waals surface area contributed by atoms with Crippen LogP contribution in [-0.4, -0.2) is 27.6 Å². The smallest absolute Gasteiger partial charge is 0.210 e. The van der Waals surface area contributed by atoms with Gasteiger partial charge in [-0.05, 0) is 37.6 Å². The summed E-state index contributed by atoms with van der Waals surface area (Å²) in [4.78, 5) is 0. The lowest BCUT2D eigenvalue weighted by Gasteiger charge is -2.12. The Hall–Kier alpha value is -2.74. The first-order chi connectivity index (χ1) is 14.0. The first-order valence-electron chi connectivity index (χ1n) is 9.56. The second-order valence-corrected chi connectivity index (χ2v) is 7.90. The summed E-state index contributed by atoms with van der Waals surface area (Å²) in [6, 6.07) is 10.7. The standard InChI is InChI=1S/C21H23FN4O2S/c1-3-27-18-9-15-8-13(2)28-19(15)10-16(18)12-29-21-25-24-20(26(21)23)11-14-6-4-5-7-17(14)22/h4-7,9-10,13H,3,8,11-12,23H2,1-2H3. The van der Waals surface area contributed by atoms with Gasteiger partial charge in [0, 0.05) is 29.7 Å². The SMILES string of the molecule is CCOc1cc2c(cc1CSc1nnc(Cc3ccccc3F)n1N)OC(C)C2. The molecule has 3 aromatic rings. The van der Waals surface area contributed by atoms with E-state index < -0.39 is 0 Å². The minimum atomic E-state index is -0.279. The van der Waals surface area contributed by atoms with Crippen molar-refractivity contribution in [2.45, 2.75) is 43.7 Å². The molecule has 1 aliphatic heterocycles. The monoisotopic (exact) mass is 414 g/mol. The van der Waals surface area contributed by atoms with Gasteiger partial charge in [0.15, 0.2) is 5.82 Å². The summed E-state index contributed by atoms with van der Waals surface area (Å²) in [6.07, 6.45) is 1.35. The topological polar surface area (TPSA) is 75.2 Å². The molecule has 2 aromatic carbocycles. The van der Waals surface area contributed by atoms with E-state index in [1.54, 1.807) is 18.2 Å². The van der Waals surface area contributed by atoms with Gasteiger partial charge in [0.25, 0.3) is 0 Å². The number of hydrogen-bond acceptors (Lipinski definition) is 6. The molecule has 0 fully saturated rings. The predicted octanol–water partition coefficient (Wildman–Crippen LogP) is 3.74. The third-order valence-electron chi connectivity index (χ3n) is 4.78. The molecule has 6 nitrogen and oxygen atoms in total.